The molecule has 0 aliphatic heterocycles. The van der Waals surface area contributed by atoms with E-state index >= 15 is 0 Å². The van der Waals surface area contributed by atoms with Crippen molar-refractivity contribution in [2.75, 3.05) is 5.32 Å². The second-order valence-electron chi connectivity index (χ2n) is 4.42. The summed E-state index contributed by atoms with van der Waals surface area (Å²) in [5.41, 5.74) is 1.83. The fraction of sp³-hybridized carbons (Fsp3) is 0.214. The van der Waals surface area contributed by atoms with Crippen LogP contribution in [0, 0.1) is 0 Å². The SMILES string of the molecule is Cn1ccc(C(=O)Nc2cccc(CCC(=O)O)c2)n1. The number of rotatable bonds is 5. The number of carboxylic acids is 1. The summed E-state index contributed by atoms with van der Waals surface area (Å²) in [4.78, 5) is 22.5. The molecule has 0 fully saturated rings. The second kappa shape index (κ2) is 6.01. The molecule has 1 amide bonds. The molecule has 0 unspecified atom stereocenters. The summed E-state index contributed by atoms with van der Waals surface area (Å²) in [5, 5.41) is 15.4. The van der Waals surface area contributed by atoms with Crippen LogP contribution in [0.25, 0.3) is 0 Å². The van der Waals surface area contributed by atoms with E-state index in [2.05, 4.69) is 10.4 Å². The van der Waals surface area contributed by atoms with Gasteiger partial charge in [-0.3, -0.25) is 14.3 Å². The third kappa shape index (κ3) is 3.68. The summed E-state index contributed by atoms with van der Waals surface area (Å²) in [6.07, 6.45) is 2.19. The maximum absolute atomic E-state index is 11.9. The van der Waals surface area contributed by atoms with E-state index in [0.717, 1.165) is 5.56 Å². The predicted molar refractivity (Wildman–Crippen MR) is 73.6 cm³/mol. The lowest BCUT2D eigenvalue weighted by atomic mass is 10.1. The molecule has 1 heterocycles. The first-order valence-electron chi connectivity index (χ1n) is 6.16. The lowest BCUT2D eigenvalue weighted by Gasteiger charge is -2.05. The number of amides is 1. The Kier molecular flexibility index (Phi) is 4.14. The maximum Gasteiger partial charge on any atom is 0.303 e. The summed E-state index contributed by atoms with van der Waals surface area (Å²) in [7, 11) is 1.74. The first-order chi connectivity index (χ1) is 9.54. The van der Waals surface area contributed by atoms with E-state index in [1.165, 1.54) is 0 Å². The number of hydrogen-bond acceptors (Lipinski definition) is 3. The molecule has 0 saturated carbocycles. The number of nitrogens with one attached hydrogen (secondary N) is 1. The van der Waals surface area contributed by atoms with Gasteiger partial charge in [0.25, 0.3) is 5.91 Å². The molecule has 0 atom stereocenters. The highest BCUT2D eigenvalue weighted by Crippen LogP contribution is 2.13. The first kappa shape index (κ1) is 13.8. The normalized spacial score (nSPS) is 10.2. The number of benzene rings is 1. The maximum atomic E-state index is 11.9. The van der Waals surface area contributed by atoms with Gasteiger partial charge in [0.2, 0.25) is 0 Å². The Labute approximate surface area is 116 Å². The third-order valence-corrected chi connectivity index (χ3v) is 2.76. The fourth-order valence-electron chi connectivity index (χ4n) is 1.79. The zero-order valence-corrected chi connectivity index (χ0v) is 11.0. The number of anilines is 1. The molecule has 1 aromatic carbocycles. The molecule has 104 valence electrons. The Bertz CT molecular complexity index is 634. The molecule has 2 N–H and O–H groups in total. The highest BCUT2D eigenvalue weighted by molar-refractivity contribution is 6.02. The fourth-order valence-corrected chi connectivity index (χ4v) is 1.79. The molecule has 2 aromatic rings. The molecule has 0 aliphatic rings. The van der Waals surface area contributed by atoms with Crippen molar-refractivity contribution in [2.45, 2.75) is 12.8 Å². The van der Waals surface area contributed by atoms with Crippen molar-refractivity contribution in [3.05, 3.63) is 47.8 Å². The van der Waals surface area contributed by atoms with Gasteiger partial charge < -0.3 is 10.4 Å². The van der Waals surface area contributed by atoms with Crippen LogP contribution < -0.4 is 5.32 Å². The predicted octanol–water partition coefficient (Wildman–Crippen LogP) is 1.69. The van der Waals surface area contributed by atoms with Crippen LogP contribution in [0.1, 0.15) is 22.5 Å². The average molecular weight is 273 g/mol. The highest BCUT2D eigenvalue weighted by Gasteiger charge is 2.09. The highest BCUT2D eigenvalue weighted by atomic mass is 16.4. The molecule has 0 radical (unpaired) electrons. The molecule has 0 saturated heterocycles. The topological polar surface area (TPSA) is 84.2 Å². The molecular weight excluding hydrogens is 258 g/mol. The van der Waals surface area contributed by atoms with Crippen LogP contribution in [0.4, 0.5) is 5.69 Å². The molecule has 2 rings (SSSR count). The van der Waals surface area contributed by atoms with Crippen molar-refractivity contribution in [3.8, 4) is 0 Å². The van der Waals surface area contributed by atoms with Crippen LogP contribution in [0.3, 0.4) is 0 Å². The molecule has 1 aromatic heterocycles. The third-order valence-electron chi connectivity index (χ3n) is 2.76. The van der Waals surface area contributed by atoms with Gasteiger partial charge in [-0.15, -0.1) is 0 Å². The number of carbonyl (C=O) groups is 2. The van der Waals surface area contributed by atoms with E-state index in [-0.39, 0.29) is 12.3 Å². The Balaban J connectivity index is 2.04. The van der Waals surface area contributed by atoms with Crippen molar-refractivity contribution in [3.63, 3.8) is 0 Å². The Hall–Kier alpha value is -2.63. The van der Waals surface area contributed by atoms with Gasteiger partial charge in [0, 0.05) is 25.4 Å². The largest absolute Gasteiger partial charge is 0.481 e. The molecule has 6 nitrogen and oxygen atoms in total. The molecule has 0 bridgehead atoms. The molecule has 0 aliphatic carbocycles. The van der Waals surface area contributed by atoms with Gasteiger partial charge in [0.15, 0.2) is 5.69 Å². The van der Waals surface area contributed by atoms with Crippen LogP contribution in [0.5, 0.6) is 0 Å². The number of carbonyl (C=O) groups excluding carboxylic acids is 1. The van der Waals surface area contributed by atoms with Gasteiger partial charge in [-0.25, -0.2) is 0 Å². The van der Waals surface area contributed by atoms with Crippen molar-refractivity contribution in [1.29, 1.82) is 0 Å². The number of carboxylic acid groups (broad SMARTS) is 1. The summed E-state index contributed by atoms with van der Waals surface area (Å²) < 4.78 is 1.55. The van der Waals surface area contributed by atoms with Gasteiger partial charge in [0.1, 0.15) is 0 Å². The average Bonchev–Trinajstić information content (AvgIpc) is 2.84. The van der Waals surface area contributed by atoms with Crippen molar-refractivity contribution < 1.29 is 14.7 Å². The Morgan fingerprint density at radius 1 is 1.35 bits per heavy atom. The number of aliphatic carboxylic acids is 1. The second-order valence-corrected chi connectivity index (χ2v) is 4.42. The van der Waals surface area contributed by atoms with Gasteiger partial charge in [0.05, 0.1) is 0 Å². The quantitative estimate of drug-likeness (QED) is 0.868. The minimum Gasteiger partial charge on any atom is -0.481 e. The number of nitrogens with zero attached hydrogens (tertiary/aromatic N) is 2. The summed E-state index contributed by atoms with van der Waals surface area (Å²) in [6, 6.07) is 8.77. The zero-order chi connectivity index (χ0) is 14.5. The van der Waals surface area contributed by atoms with E-state index in [1.807, 2.05) is 6.07 Å². The molecule has 6 heteroatoms. The van der Waals surface area contributed by atoms with Crippen LogP contribution in [-0.4, -0.2) is 26.8 Å². The van der Waals surface area contributed by atoms with Gasteiger partial charge in [-0.2, -0.15) is 5.10 Å². The van der Waals surface area contributed by atoms with Crippen molar-refractivity contribution >= 4 is 17.6 Å². The summed E-state index contributed by atoms with van der Waals surface area (Å²) >= 11 is 0. The van der Waals surface area contributed by atoms with Crippen LogP contribution in [-0.2, 0) is 18.3 Å². The number of aromatic nitrogens is 2. The molecule has 0 spiro atoms. The van der Waals surface area contributed by atoms with E-state index < -0.39 is 5.97 Å². The van der Waals surface area contributed by atoms with Gasteiger partial charge in [-0.1, -0.05) is 12.1 Å². The van der Waals surface area contributed by atoms with Crippen molar-refractivity contribution in [1.82, 2.24) is 9.78 Å². The van der Waals surface area contributed by atoms with E-state index in [9.17, 15) is 9.59 Å². The van der Waals surface area contributed by atoms with Crippen molar-refractivity contribution in [2.24, 2.45) is 7.05 Å². The zero-order valence-electron chi connectivity index (χ0n) is 11.0. The first-order valence-corrected chi connectivity index (χ1v) is 6.16. The lowest BCUT2D eigenvalue weighted by molar-refractivity contribution is -0.136. The number of aryl methyl sites for hydroxylation is 2. The monoisotopic (exact) mass is 273 g/mol. The summed E-state index contributed by atoms with van der Waals surface area (Å²) in [5.74, 6) is -1.13. The van der Waals surface area contributed by atoms with Crippen LogP contribution in [0.15, 0.2) is 36.5 Å². The minimum atomic E-state index is -0.840. The Morgan fingerprint density at radius 2 is 2.15 bits per heavy atom. The van der Waals surface area contributed by atoms with Crippen LogP contribution in [0.2, 0.25) is 0 Å². The van der Waals surface area contributed by atoms with Gasteiger partial charge in [-0.05, 0) is 30.2 Å². The van der Waals surface area contributed by atoms with E-state index in [4.69, 9.17) is 5.11 Å². The lowest BCUT2D eigenvalue weighted by Crippen LogP contribution is -2.13. The Morgan fingerprint density at radius 3 is 2.80 bits per heavy atom. The van der Waals surface area contributed by atoms with E-state index in [0.29, 0.717) is 17.8 Å². The summed E-state index contributed by atoms with van der Waals surface area (Å²) in [6.45, 7) is 0. The standard InChI is InChI=1S/C14H15N3O3/c1-17-8-7-12(16-17)14(20)15-11-4-2-3-10(9-11)5-6-13(18)19/h2-4,7-9H,5-6H2,1H3,(H,15,20)(H,18,19). The smallest absolute Gasteiger partial charge is 0.303 e. The minimum absolute atomic E-state index is 0.0671. The number of hydrogen-bond donors (Lipinski definition) is 2. The van der Waals surface area contributed by atoms with E-state index in [1.54, 1.807) is 42.2 Å². The van der Waals surface area contributed by atoms with Gasteiger partial charge >= 0.3 is 5.97 Å². The molecular formula is C14H15N3O3. The van der Waals surface area contributed by atoms with Crippen LogP contribution >= 0.6 is 0 Å². The molecule has 20 heavy (non-hydrogen) atoms.